The Balaban J connectivity index is 1.47. The first-order valence-electron chi connectivity index (χ1n) is 9.65. The first kappa shape index (κ1) is 22.2. The maximum absolute atomic E-state index is 13.0. The van der Waals surface area contributed by atoms with E-state index < -0.39 is 16.1 Å². The van der Waals surface area contributed by atoms with Gasteiger partial charge in [-0.1, -0.05) is 11.6 Å². The Morgan fingerprint density at radius 1 is 1.29 bits per heavy atom. The number of sulfonamides is 1. The van der Waals surface area contributed by atoms with Gasteiger partial charge in [0, 0.05) is 17.5 Å². The molecule has 0 radical (unpaired) electrons. The summed E-state index contributed by atoms with van der Waals surface area (Å²) in [5.41, 5.74) is 1.63. The van der Waals surface area contributed by atoms with Gasteiger partial charge in [0.1, 0.15) is 16.0 Å². The number of rotatable bonds is 7. The minimum atomic E-state index is -3.77. The Bertz CT molecular complexity index is 1170. The lowest BCUT2D eigenvalue weighted by molar-refractivity contribution is -0.119. The predicted octanol–water partition coefficient (Wildman–Crippen LogP) is 4.72. The third-order valence-corrected chi connectivity index (χ3v) is 9.18. The van der Waals surface area contributed by atoms with E-state index in [0.717, 1.165) is 28.3 Å². The fourth-order valence-corrected chi connectivity index (χ4v) is 7.37. The molecule has 1 unspecified atom stereocenters. The fraction of sp³-hybridized carbons (Fsp3) is 0.300. The van der Waals surface area contributed by atoms with Crippen LogP contribution in [-0.2, 0) is 14.8 Å². The molecule has 1 aliphatic heterocycles. The van der Waals surface area contributed by atoms with E-state index in [9.17, 15) is 13.2 Å². The first-order chi connectivity index (χ1) is 14.9. The molecule has 0 spiro atoms. The van der Waals surface area contributed by atoms with Crippen LogP contribution in [0.2, 0.25) is 4.34 Å². The summed E-state index contributed by atoms with van der Waals surface area (Å²) in [5.74, 6) is 0.404. The predicted molar refractivity (Wildman–Crippen MR) is 124 cm³/mol. The van der Waals surface area contributed by atoms with E-state index in [-0.39, 0.29) is 10.1 Å². The highest BCUT2D eigenvalue weighted by atomic mass is 35.5. The molecule has 3 heterocycles. The van der Waals surface area contributed by atoms with Crippen LogP contribution < -0.4 is 10.1 Å². The molecular formula is C20H20ClN3O4S3. The van der Waals surface area contributed by atoms with Crippen molar-refractivity contribution in [2.45, 2.75) is 30.0 Å². The van der Waals surface area contributed by atoms with E-state index in [0.29, 0.717) is 35.5 Å². The summed E-state index contributed by atoms with van der Waals surface area (Å²) in [6.07, 6.45) is 1.08. The van der Waals surface area contributed by atoms with Crippen molar-refractivity contribution in [3.8, 4) is 17.0 Å². The maximum Gasteiger partial charge on any atom is 0.253 e. The van der Waals surface area contributed by atoms with Crippen molar-refractivity contribution < 1.29 is 17.9 Å². The van der Waals surface area contributed by atoms with Crippen molar-refractivity contribution in [3.05, 3.63) is 46.1 Å². The average Bonchev–Trinajstić information content (AvgIpc) is 3.49. The van der Waals surface area contributed by atoms with Crippen LogP contribution >= 0.6 is 34.3 Å². The zero-order valence-corrected chi connectivity index (χ0v) is 19.8. The zero-order chi connectivity index (χ0) is 22.0. The van der Waals surface area contributed by atoms with Gasteiger partial charge in [-0.25, -0.2) is 13.4 Å². The monoisotopic (exact) mass is 497 g/mol. The van der Waals surface area contributed by atoms with Crippen LogP contribution in [0, 0.1) is 0 Å². The van der Waals surface area contributed by atoms with Crippen molar-refractivity contribution >= 4 is 55.3 Å². The number of ether oxygens (including phenoxy) is 1. The SMILES string of the molecule is CCOc1ccc(-c2csc(NC(=O)C3CCCN3S(=O)(=O)c3ccc(Cl)s3)n2)cc1. The third-order valence-electron chi connectivity index (χ3n) is 4.81. The Morgan fingerprint density at radius 2 is 2.06 bits per heavy atom. The lowest BCUT2D eigenvalue weighted by atomic mass is 10.2. The van der Waals surface area contributed by atoms with Crippen LogP contribution in [0.5, 0.6) is 5.75 Å². The lowest BCUT2D eigenvalue weighted by Gasteiger charge is -2.22. The summed E-state index contributed by atoms with van der Waals surface area (Å²) in [6.45, 7) is 2.82. The minimum Gasteiger partial charge on any atom is -0.494 e. The number of anilines is 1. The fourth-order valence-electron chi connectivity index (χ4n) is 3.38. The van der Waals surface area contributed by atoms with Crippen molar-refractivity contribution in [2.75, 3.05) is 18.5 Å². The molecule has 7 nitrogen and oxygen atoms in total. The summed E-state index contributed by atoms with van der Waals surface area (Å²) < 4.78 is 33.1. The molecule has 164 valence electrons. The van der Waals surface area contributed by atoms with Gasteiger partial charge in [0.2, 0.25) is 5.91 Å². The van der Waals surface area contributed by atoms with Gasteiger partial charge in [-0.05, 0) is 56.2 Å². The largest absolute Gasteiger partial charge is 0.494 e. The number of nitrogens with one attached hydrogen (secondary N) is 1. The third kappa shape index (κ3) is 4.78. The van der Waals surface area contributed by atoms with Gasteiger partial charge in [-0.15, -0.1) is 22.7 Å². The molecule has 1 saturated heterocycles. The summed E-state index contributed by atoms with van der Waals surface area (Å²) in [7, 11) is -3.77. The number of hydrogen-bond acceptors (Lipinski definition) is 7. The topological polar surface area (TPSA) is 88.6 Å². The quantitative estimate of drug-likeness (QED) is 0.510. The number of halogens is 1. The van der Waals surface area contributed by atoms with Crippen LogP contribution in [0.15, 0.2) is 46.0 Å². The molecule has 1 fully saturated rings. The number of nitrogens with zero attached hydrogens (tertiary/aromatic N) is 2. The molecular weight excluding hydrogens is 478 g/mol. The summed E-state index contributed by atoms with van der Waals surface area (Å²) in [5, 5.41) is 5.06. The molecule has 1 N–H and O–H groups in total. The second-order valence-electron chi connectivity index (χ2n) is 6.82. The number of benzene rings is 1. The molecule has 3 aromatic rings. The van der Waals surface area contributed by atoms with Gasteiger partial charge in [0.25, 0.3) is 10.0 Å². The Kier molecular flexibility index (Phi) is 6.63. The molecule has 1 aliphatic rings. The number of carbonyl (C=O) groups excluding carboxylic acids is 1. The van der Waals surface area contributed by atoms with Crippen molar-refractivity contribution in [3.63, 3.8) is 0 Å². The van der Waals surface area contributed by atoms with Gasteiger partial charge in [0.05, 0.1) is 16.6 Å². The molecule has 1 amide bonds. The summed E-state index contributed by atoms with van der Waals surface area (Å²) >= 11 is 8.18. The van der Waals surface area contributed by atoms with E-state index >= 15 is 0 Å². The average molecular weight is 498 g/mol. The highest BCUT2D eigenvalue weighted by Crippen LogP contribution is 2.33. The van der Waals surface area contributed by atoms with E-state index in [1.807, 2.05) is 36.6 Å². The van der Waals surface area contributed by atoms with Crippen LogP contribution in [0.1, 0.15) is 19.8 Å². The highest BCUT2D eigenvalue weighted by molar-refractivity contribution is 7.91. The van der Waals surface area contributed by atoms with Crippen LogP contribution in [0.3, 0.4) is 0 Å². The molecule has 1 atom stereocenters. The number of hydrogen-bond donors (Lipinski definition) is 1. The molecule has 2 aromatic heterocycles. The Morgan fingerprint density at radius 3 is 2.74 bits per heavy atom. The molecule has 31 heavy (non-hydrogen) atoms. The standard InChI is InChI=1S/C20H20ClN3O4S3/c1-2-28-14-7-5-13(6-8-14)15-12-29-20(22-15)23-19(25)16-4-3-11-24(16)31(26,27)18-10-9-17(21)30-18/h5-10,12,16H,2-4,11H2,1H3,(H,22,23,25). The normalized spacial score (nSPS) is 17.0. The van der Waals surface area contributed by atoms with Crippen LogP contribution in [0.25, 0.3) is 11.3 Å². The molecule has 4 rings (SSSR count). The zero-order valence-electron chi connectivity index (χ0n) is 16.6. The highest BCUT2D eigenvalue weighted by Gasteiger charge is 2.40. The Labute approximate surface area is 193 Å². The van der Waals surface area contributed by atoms with Crippen molar-refractivity contribution in [1.29, 1.82) is 0 Å². The second-order valence-corrected chi connectivity index (χ2v) is 11.5. The molecule has 1 aromatic carbocycles. The van der Waals surface area contributed by atoms with E-state index in [1.54, 1.807) is 6.07 Å². The van der Waals surface area contributed by atoms with E-state index in [1.165, 1.54) is 21.7 Å². The van der Waals surface area contributed by atoms with Crippen LogP contribution in [-0.4, -0.2) is 42.8 Å². The van der Waals surface area contributed by atoms with E-state index in [4.69, 9.17) is 16.3 Å². The molecule has 11 heteroatoms. The van der Waals surface area contributed by atoms with Crippen LogP contribution in [0.4, 0.5) is 5.13 Å². The molecule has 0 saturated carbocycles. The second kappa shape index (κ2) is 9.25. The first-order valence-corrected chi connectivity index (χ1v) is 13.2. The van der Waals surface area contributed by atoms with Gasteiger partial charge in [-0.3, -0.25) is 4.79 Å². The number of aromatic nitrogens is 1. The lowest BCUT2D eigenvalue weighted by Crippen LogP contribution is -2.42. The van der Waals surface area contributed by atoms with Gasteiger partial charge in [-0.2, -0.15) is 4.31 Å². The number of thiophene rings is 1. The van der Waals surface area contributed by atoms with Gasteiger partial charge >= 0.3 is 0 Å². The maximum atomic E-state index is 13.0. The smallest absolute Gasteiger partial charge is 0.253 e. The van der Waals surface area contributed by atoms with E-state index in [2.05, 4.69) is 10.3 Å². The summed E-state index contributed by atoms with van der Waals surface area (Å²) in [4.78, 5) is 17.4. The van der Waals surface area contributed by atoms with Gasteiger partial charge < -0.3 is 10.1 Å². The number of carbonyl (C=O) groups is 1. The summed E-state index contributed by atoms with van der Waals surface area (Å²) in [6, 6.07) is 9.79. The molecule has 0 bridgehead atoms. The van der Waals surface area contributed by atoms with Crippen molar-refractivity contribution in [1.82, 2.24) is 9.29 Å². The number of amides is 1. The molecule has 0 aliphatic carbocycles. The number of thiazole rings is 1. The van der Waals surface area contributed by atoms with Crippen molar-refractivity contribution in [2.24, 2.45) is 0 Å². The minimum absolute atomic E-state index is 0.143. The van der Waals surface area contributed by atoms with Gasteiger partial charge in [0.15, 0.2) is 5.13 Å². The Hall–Kier alpha value is -1.98.